The van der Waals surface area contributed by atoms with Crippen molar-refractivity contribution in [3.63, 3.8) is 0 Å². The number of hydrogen-bond donors (Lipinski definition) is 1. The molecule has 4 bridgehead atoms. The number of rotatable bonds is 6. The van der Waals surface area contributed by atoms with Gasteiger partial charge in [0.25, 0.3) is 0 Å². The van der Waals surface area contributed by atoms with Gasteiger partial charge in [-0.05, 0) is 12.8 Å². The number of fused-ring (bicyclic) bond motifs is 2. The third-order valence-electron chi connectivity index (χ3n) is 5.92. The molecule has 0 spiro atoms. The molecule has 3 aliphatic heterocycles. The Balaban J connectivity index is 1.49. The Kier molecular flexibility index (Phi) is 4.09. The number of aliphatic hydroxyl groups is 1. The monoisotopic (exact) mass is 328 g/mol. The fourth-order valence-corrected chi connectivity index (χ4v) is 4.99. The highest BCUT2D eigenvalue weighted by Crippen LogP contribution is 2.60. The molecule has 130 valence electrons. The van der Waals surface area contributed by atoms with Gasteiger partial charge in [-0.15, -0.1) is 0 Å². The van der Waals surface area contributed by atoms with E-state index in [1.165, 1.54) is 0 Å². The van der Waals surface area contributed by atoms with E-state index in [1.807, 2.05) is 0 Å². The van der Waals surface area contributed by atoms with E-state index < -0.39 is 5.79 Å². The number of carbonyl (C=O) groups is 1. The maximum Gasteiger partial charge on any atom is 0.309 e. The van der Waals surface area contributed by atoms with Crippen LogP contribution < -0.4 is 0 Å². The van der Waals surface area contributed by atoms with Crippen molar-refractivity contribution >= 4 is 5.97 Å². The van der Waals surface area contributed by atoms with Crippen molar-refractivity contribution in [1.29, 1.82) is 0 Å². The van der Waals surface area contributed by atoms with Gasteiger partial charge in [0.05, 0.1) is 43.9 Å². The lowest BCUT2D eigenvalue weighted by Gasteiger charge is -2.44. The van der Waals surface area contributed by atoms with Gasteiger partial charge < -0.3 is 28.8 Å². The summed E-state index contributed by atoms with van der Waals surface area (Å²) in [6, 6.07) is 0. The Morgan fingerprint density at radius 2 is 2.17 bits per heavy atom. The average molecular weight is 328 g/mol. The highest BCUT2D eigenvalue weighted by molar-refractivity contribution is 5.74. The largest absolute Gasteiger partial charge is 0.465 e. The number of ether oxygens (including phenoxy) is 5. The summed E-state index contributed by atoms with van der Waals surface area (Å²) in [5.41, 5.74) is 0. The summed E-state index contributed by atoms with van der Waals surface area (Å²) >= 11 is 0. The first-order valence-corrected chi connectivity index (χ1v) is 8.39. The lowest BCUT2D eigenvalue weighted by molar-refractivity contribution is -0.222. The van der Waals surface area contributed by atoms with Crippen LogP contribution in [-0.2, 0) is 28.5 Å². The minimum Gasteiger partial charge on any atom is -0.465 e. The standard InChI is InChI=1S/C16H24O7/c1-19-4-5-20-8-22-11-2-3-12-14-10-7-21-15(17)9(13(11)14)6-16(10,18)23-12/h9-14,18H,2-8H2,1H3/t9-,10-,11-,12+,13-,14+,16-/m0/s1. The van der Waals surface area contributed by atoms with Gasteiger partial charge in [0, 0.05) is 25.4 Å². The maximum atomic E-state index is 12.3. The van der Waals surface area contributed by atoms with Gasteiger partial charge in [-0.25, -0.2) is 0 Å². The van der Waals surface area contributed by atoms with Crippen LogP contribution >= 0.6 is 0 Å². The molecule has 0 aromatic rings. The quantitative estimate of drug-likeness (QED) is 0.426. The van der Waals surface area contributed by atoms with Crippen LogP contribution in [0.1, 0.15) is 19.3 Å². The second-order valence-corrected chi connectivity index (χ2v) is 7.00. The molecule has 7 heteroatoms. The van der Waals surface area contributed by atoms with Gasteiger partial charge in [0.1, 0.15) is 6.79 Å². The number of hydrogen-bond acceptors (Lipinski definition) is 7. The molecule has 0 aromatic carbocycles. The maximum absolute atomic E-state index is 12.3. The molecule has 1 N–H and O–H groups in total. The van der Waals surface area contributed by atoms with Gasteiger partial charge in [-0.3, -0.25) is 4.79 Å². The van der Waals surface area contributed by atoms with E-state index >= 15 is 0 Å². The van der Waals surface area contributed by atoms with Gasteiger partial charge in [0.15, 0.2) is 5.79 Å². The Labute approximate surface area is 135 Å². The van der Waals surface area contributed by atoms with E-state index in [0.717, 1.165) is 12.8 Å². The molecule has 3 heterocycles. The van der Waals surface area contributed by atoms with E-state index in [4.69, 9.17) is 23.7 Å². The third-order valence-corrected chi connectivity index (χ3v) is 5.92. The minimum atomic E-state index is -1.20. The summed E-state index contributed by atoms with van der Waals surface area (Å²) in [6.07, 6.45) is 1.92. The number of methoxy groups -OCH3 is 1. The van der Waals surface area contributed by atoms with E-state index in [9.17, 15) is 9.90 Å². The summed E-state index contributed by atoms with van der Waals surface area (Å²) in [7, 11) is 1.63. The zero-order chi connectivity index (χ0) is 16.0. The molecule has 0 unspecified atom stereocenters. The van der Waals surface area contributed by atoms with Crippen LogP contribution in [0.5, 0.6) is 0 Å². The van der Waals surface area contributed by atoms with Gasteiger partial charge in [0.2, 0.25) is 0 Å². The Hall–Kier alpha value is -0.730. The molecule has 0 aromatic heterocycles. The lowest BCUT2D eigenvalue weighted by Crippen LogP contribution is -2.52. The predicted octanol–water partition coefficient (Wildman–Crippen LogP) is 0.299. The number of carbonyl (C=O) groups excluding carboxylic acids is 1. The van der Waals surface area contributed by atoms with E-state index in [0.29, 0.717) is 19.6 Å². The molecule has 7 nitrogen and oxygen atoms in total. The van der Waals surface area contributed by atoms with Crippen LogP contribution in [0.2, 0.25) is 0 Å². The molecule has 3 saturated heterocycles. The molecule has 2 aliphatic carbocycles. The van der Waals surface area contributed by atoms with Crippen molar-refractivity contribution in [2.45, 2.75) is 37.3 Å². The summed E-state index contributed by atoms with van der Waals surface area (Å²) in [6.45, 7) is 1.46. The van der Waals surface area contributed by atoms with Crippen molar-refractivity contribution in [1.82, 2.24) is 0 Å². The first-order valence-electron chi connectivity index (χ1n) is 8.39. The minimum absolute atomic E-state index is 0.00348. The Morgan fingerprint density at radius 3 is 3.00 bits per heavy atom. The fourth-order valence-electron chi connectivity index (χ4n) is 4.99. The van der Waals surface area contributed by atoms with E-state index in [2.05, 4.69) is 0 Å². The van der Waals surface area contributed by atoms with Crippen molar-refractivity contribution < 1.29 is 33.6 Å². The second-order valence-electron chi connectivity index (χ2n) is 7.00. The SMILES string of the molecule is COCCOCO[C@H]1CC[C@H]2O[C@@]3(O)C[C@@H]4C(=O)OC[C@H]3[C@H]2[C@H]14. The summed E-state index contributed by atoms with van der Waals surface area (Å²) in [5.74, 6) is -1.74. The van der Waals surface area contributed by atoms with Gasteiger partial charge in [-0.2, -0.15) is 0 Å². The van der Waals surface area contributed by atoms with Crippen LogP contribution in [-0.4, -0.2) is 62.8 Å². The van der Waals surface area contributed by atoms with Crippen molar-refractivity contribution in [2.24, 2.45) is 23.7 Å². The smallest absolute Gasteiger partial charge is 0.309 e. The summed E-state index contributed by atoms with van der Waals surface area (Å²) < 4.78 is 27.6. The first kappa shape index (κ1) is 15.8. The van der Waals surface area contributed by atoms with Gasteiger partial charge in [-0.1, -0.05) is 0 Å². The summed E-state index contributed by atoms with van der Waals surface area (Å²) in [4.78, 5) is 12.3. The molecule has 2 saturated carbocycles. The Bertz CT molecular complexity index is 469. The van der Waals surface area contributed by atoms with Crippen molar-refractivity contribution in [2.75, 3.05) is 33.7 Å². The van der Waals surface area contributed by atoms with Crippen molar-refractivity contribution in [3.05, 3.63) is 0 Å². The van der Waals surface area contributed by atoms with Crippen LogP contribution in [0, 0.1) is 23.7 Å². The second kappa shape index (κ2) is 5.97. The molecule has 5 aliphatic rings. The molecule has 0 amide bonds. The van der Waals surface area contributed by atoms with Crippen molar-refractivity contribution in [3.8, 4) is 0 Å². The van der Waals surface area contributed by atoms with Gasteiger partial charge >= 0.3 is 5.97 Å². The molecule has 5 rings (SSSR count). The zero-order valence-corrected chi connectivity index (χ0v) is 13.3. The predicted molar refractivity (Wildman–Crippen MR) is 76.2 cm³/mol. The topological polar surface area (TPSA) is 83.5 Å². The van der Waals surface area contributed by atoms with Crippen LogP contribution in [0.25, 0.3) is 0 Å². The molecule has 7 atom stereocenters. The molecular weight excluding hydrogens is 304 g/mol. The van der Waals surface area contributed by atoms with E-state index in [1.54, 1.807) is 7.11 Å². The number of esters is 1. The fraction of sp³-hybridized carbons (Fsp3) is 0.938. The molecule has 23 heavy (non-hydrogen) atoms. The highest BCUT2D eigenvalue weighted by atomic mass is 16.7. The highest BCUT2D eigenvalue weighted by Gasteiger charge is 2.68. The third kappa shape index (κ3) is 2.49. The first-order chi connectivity index (χ1) is 11.1. The van der Waals surface area contributed by atoms with E-state index in [-0.39, 0.29) is 55.2 Å². The molecular formula is C16H24O7. The van der Waals surface area contributed by atoms with Crippen LogP contribution in [0.4, 0.5) is 0 Å². The van der Waals surface area contributed by atoms with Crippen LogP contribution in [0.3, 0.4) is 0 Å². The summed E-state index contributed by atoms with van der Waals surface area (Å²) in [5, 5.41) is 10.8. The average Bonchev–Trinajstić information content (AvgIpc) is 2.61. The Morgan fingerprint density at radius 1 is 1.30 bits per heavy atom. The molecule has 5 fully saturated rings. The zero-order valence-electron chi connectivity index (χ0n) is 13.3. The lowest BCUT2D eigenvalue weighted by atomic mass is 9.60. The molecule has 0 radical (unpaired) electrons. The normalized spacial score (nSPS) is 47.5. The van der Waals surface area contributed by atoms with Crippen LogP contribution in [0.15, 0.2) is 0 Å².